The fourth-order valence-electron chi connectivity index (χ4n) is 1.17. The van der Waals surface area contributed by atoms with Crippen molar-refractivity contribution in [2.45, 2.75) is 44.8 Å². The van der Waals surface area contributed by atoms with Gasteiger partial charge in [0.05, 0.1) is 0 Å². The number of rotatable bonds is 5. The van der Waals surface area contributed by atoms with Gasteiger partial charge in [-0.2, -0.15) is 13.2 Å². The predicted molar refractivity (Wildman–Crippen MR) is 55.9 cm³/mol. The molecule has 1 amide bonds. The molecule has 1 N–H and O–H groups in total. The van der Waals surface area contributed by atoms with Gasteiger partial charge in [0.2, 0.25) is 5.91 Å². The van der Waals surface area contributed by atoms with Crippen LogP contribution in [0.3, 0.4) is 0 Å². The van der Waals surface area contributed by atoms with E-state index in [0.717, 1.165) is 0 Å². The second-order valence-corrected chi connectivity index (χ2v) is 4.02. The molecule has 0 spiro atoms. The summed E-state index contributed by atoms with van der Waals surface area (Å²) >= 11 is 3.21. The summed E-state index contributed by atoms with van der Waals surface area (Å²) in [5, 5.41) is 2.89. The standard InChI is InChI=1S/C9H15BrF3NO/c1-3-8(4-2,6-10)14-7(15)5-9(11,12)13/h3-6H2,1-2H3,(H,14,15). The van der Waals surface area contributed by atoms with Crippen LogP contribution in [0.5, 0.6) is 0 Å². The largest absolute Gasteiger partial charge is 0.397 e. The average molecular weight is 290 g/mol. The molecule has 0 heterocycles. The molecule has 90 valence electrons. The maximum Gasteiger partial charge on any atom is 0.397 e. The van der Waals surface area contributed by atoms with Crippen LogP contribution in [0.4, 0.5) is 13.2 Å². The third-order valence-corrected chi connectivity index (χ3v) is 3.45. The van der Waals surface area contributed by atoms with Crippen LogP contribution < -0.4 is 5.32 Å². The molecular weight excluding hydrogens is 275 g/mol. The van der Waals surface area contributed by atoms with Gasteiger partial charge >= 0.3 is 6.18 Å². The molecule has 0 aliphatic carbocycles. The van der Waals surface area contributed by atoms with Crippen molar-refractivity contribution >= 4 is 21.8 Å². The molecule has 0 aromatic heterocycles. The Morgan fingerprint density at radius 1 is 1.27 bits per heavy atom. The lowest BCUT2D eigenvalue weighted by Crippen LogP contribution is -2.50. The van der Waals surface area contributed by atoms with Crippen LogP contribution in [0.2, 0.25) is 0 Å². The van der Waals surface area contributed by atoms with E-state index in [4.69, 9.17) is 0 Å². The first-order valence-corrected chi connectivity index (χ1v) is 5.84. The van der Waals surface area contributed by atoms with E-state index in [0.29, 0.717) is 18.2 Å². The second kappa shape index (κ2) is 5.72. The Morgan fingerprint density at radius 3 is 2.00 bits per heavy atom. The van der Waals surface area contributed by atoms with Crippen molar-refractivity contribution in [1.29, 1.82) is 0 Å². The zero-order valence-corrected chi connectivity index (χ0v) is 10.3. The average Bonchev–Trinajstić information content (AvgIpc) is 2.11. The number of carbonyl (C=O) groups is 1. The Labute approximate surface area is 95.7 Å². The minimum atomic E-state index is -4.44. The Morgan fingerprint density at radius 2 is 1.73 bits per heavy atom. The highest BCUT2D eigenvalue weighted by molar-refractivity contribution is 9.09. The van der Waals surface area contributed by atoms with E-state index in [1.54, 1.807) is 0 Å². The van der Waals surface area contributed by atoms with Gasteiger partial charge < -0.3 is 5.32 Å². The van der Waals surface area contributed by atoms with Crippen LogP contribution in [-0.2, 0) is 4.79 Å². The molecule has 6 heteroatoms. The van der Waals surface area contributed by atoms with Crippen molar-refractivity contribution in [3.8, 4) is 0 Å². The van der Waals surface area contributed by atoms with Gasteiger partial charge in [-0.3, -0.25) is 4.79 Å². The van der Waals surface area contributed by atoms with E-state index in [1.807, 2.05) is 13.8 Å². The van der Waals surface area contributed by atoms with Gasteiger partial charge in [-0.1, -0.05) is 29.8 Å². The molecule has 2 nitrogen and oxygen atoms in total. The lowest BCUT2D eigenvalue weighted by Gasteiger charge is -2.31. The molecule has 0 aromatic carbocycles. The first-order valence-electron chi connectivity index (χ1n) is 4.72. The molecule has 0 fully saturated rings. The highest BCUT2D eigenvalue weighted by Gasteiger charge is 2.34. The molecule has 0 bridgehead atoms. The normalized spacial score (nSPS) is 12.7. The quantitative estimate of drug-likeness (QED) is 0.775. The fraction of sp³-hybridized carbons (Fsp3) is 0.889. The van der Waals surface area contributed by atoms with Crippen molar-refractivity contribution in [2.24, 2.45) is 0 Å². The number of hydrogen-bond donors (Lipinski definition) is 1. The summed E-state index contributed by atoms with van der Waals surface area (Å²) in [4.78, 5) is 11.1. The number of amides is 1. The van der Waals surface area contributed by atoms with Gasteiger partial charge in [-0.15, -0.1) is 0 Å². The molecule has 0 saturated carbocycles. The van der Waals surface area contributed by atoms with E-state index >= 15 is 0 Å². The van der Waals surface area contributed by atoms with Crippen molar-refractivity contribution in [2.75, 3.05) is 5.33 Å². The number of carbonyl (C=O) groups excluding carboxylic acids is 1. The Hall–Kier alpha value is -0.260. The first kappa shape index (κ1) is 14.7. The summed E-state index contributed by atoms with van der Waals surface area (Å²) in [6.45, 7) is 3.66. The summed E-state index contributed by atoms with van der Waals surface area (Å²) in [5.74, 6) is -0.967. The van der Waals surface area contributed by atoms with Crippen molar-refractivity contribution < 1.29 is 18.0 Å². The number of hydrogen-bond acceptors (Lipinski definition) is 1. The summed E-state index contributed by atoms with van der Waals surface area (Å²) in [7, 11) is 0. The maximum atomic E-state index is 11.9. The molecule has 0 aliphatic rings. The summed E-state index contributed by atoms with van der Waals surface area (Å²) in [5.41, 5.74) is -0.567. The van der Waals surface area contributed by atoms with E-state index in [1.165, 1.54) is 0 Å². The van der Waals surface area contributed by atoms with Gasteiger partial charge in [-0.25, -0.2) is 0 Å². The molecule has 0 aromatic rings. The number of alkyl halides is 4. The molecule has 0 unspecified atom stereocenters. The highest BCUT2D eigenvalue weighted by atomic mass is 79.9. The van der Waals surface area contributed by atoms with Crippen molar-refractivity contribution in [3.63, 3.8) is 0 Å². The molecular formula is C9H15BrF3NO. The molecule has 15 heavy (non-hydrogen) atoms. The lowest BCUT2D eigenvalue weighted by atomic mass is 9.95. The molecule has 0 rings (SSSR count). The zero-order chi connectivity index (χ0) is 12.1. The van der Waals surface area contributed by atoms with E-state index in [-0.39, 0.29) is 0 Å². The molecule has 0 saturated heterocycles. The number of halogens is 4. The molecule has 0 aliphatic heterocycles. The van der Waals surface area contributed by atoms with Crippen LogP contribution in [0.25, 0.3) is 0 Å². The van der Waals surface area contributed by atoms with Gasteiger partial charge in [0.1, 0.15) is 6.42 Å². The summed E-state index contributed by atoms with van der Waals surface area (Å²) in [6.07, 6.45) is -4.66. The third-order valence-electron chi connectivity index (χ3n) is 2.37. The topological polar surface area (TPSA) is 29.1 Å². The van der Waals surface area contributed by atoms with Crippen LogP contribution in [0.1, 0.15) is 33.1 Å². The van der Waals surface area contributed by atoms with Gasteiger partial charge in [0.25, 0.3) is 0 Å². The molecule has 0 radical (unpaired) electrons. The van der Waals surface area contributed by atoms with Crippen LogP contribution >= 0.6 is 15.9 Å². The first-order chi connectivity index (χ1) is 6.78. The van der Waals surface area contributed by atoms with E-state index in [2.05, 4.69) is 21.2 Å². The van der Waals surface area contributed by atoms with Crippen molar-refractivity contribution in [3.05, 3.63) is 0 Å². The summed E-state index contributed by atoms with van der Waals surface area (Å²) in [6, 6.07) is 0. The predicted octanol–water partition coefficient (Wildman–Crippen LogP) is 3.01. The second-order valence-electron chi connectivity index (χ2n) is 3.46. The lowest BCUT2D eigenvalue weighted by molar-refractivity contribution is -0.154. The zero-order valence-electron chi connectivity index (χ0n) is 8.75. The minimum Gasteiger partial charge on any atom is -0.350 e. The fourth-order valence-corrected chi connectivity index (χ4v) is 2.10. The van der Waals surface area contributed by atoms with Gasteiger partial charge in [0, 0.05) is 10.9 Å². The van der Waals surface area contributed by atoms with E-state index in [9.17, 15) is 18.0 Å². The highest BCUT2D eigenvalue weighted by Crippen LogP contribution is 2.22. The van der Waals surface area contributed by atoms with E-state index < -0.39 is 24.0 Å². The Bertz CT molecular complexity index is 206. The van der Waals surface area contributed by atoms with Gasteiger partial charge in [0.15, 0.2) is 0 Å². The Balaban J connectivity index is 4.36. The van der Waals surface area contributed by atoms with Crippen LogP contribution in [-0.4, -0.2) is 23.0 Å². The monoisotopic (exact) mass is 289 g/mol. The smallest absolute Gasteiger partial charge is 0.350 e. The van der Waals surface area contributed by atoms with Gasteiger partial charge in [-0.05, 0) is 12.8 Å². The maximum absolute atomic E-state index is 11.9. The number of nitrogens with one attached hydrogen (secondary N) is 1. The Kier molecular flexibility index (Phi) is 5.62. The van der Waals surface area contributed by atoms with Crippen LogP contribution in [0, 0.1) is 0 Å². The molecule has 0 atom stereocenters. The van der Waals surface area contributed by atoms with Crippen molar-refractivity contribution in [1.82, 2.24) is 5.32 Å². The summed E-state index contributed by atoms with van der Waals surface area (Å²) < 4.78 is 35.8. The van der Waals surface area contributed by atoms with Crippen LogP contribution in [0.15, 0.2) is 0 Å². The third kappa shape index (κ3) is 5.39. The SMILES string of the molecule is CCC(CC)(CBr)NC(=O)CC(F)(F)F. The minimum absolute atomic E-state index is 0.455.